The first kappa shape index (κ1) is 17.5. The molecule has 0 unspecified atom stereocenters. The SMILES string of the molecule is CC(=O)Nc1ccc([C@H]2C3=C(CC(C)(C)CC3=O)Nc3onc(C)c32)cc1. The summed E-state index contributed by atoms with van der Waals surface area (Å²) in [7, 11) is 0. The zero-order chi connectivity index (χ0) is 19.3. The molecule has 2 N–H and O–H groups in total. The lowest BCUT2D eigenvalue weighted by Gasteiger charge is -2.37. The molecular formula is C21H23N3O3. The molecule has 1 aromatic carbocycles. The Bertz CT molecular complexity index is 967. The second kappa shape index (κ2) is 6.08. The summed E-state index contributed by atoms with van der Waals surface area (Å²) in [6.07, 6.45) is 1.31. The third-order valence-corrected chi connectivity index (χ3v) is 5.23. The number of allylic oxidation sites excluding steroid dienone is 2. The van der Waals surface area contributed by atoms with Gasteiger partial charge >= 0.3 is 0 Å². The number of Topliss-reactive ketones (excluding diaryl/α,β-unsaturated/α-hetero) is 1. The lowest BCUT2D eigenvalue weighted by atomic mass is 9.69. The largest absolute Gasteiger partial charge is 0.338 e. The summed E-state index contributed by atoms with van der Waals surface area (Å²) < 4.78 is 5.50. The van der Waals surface area contributed by atoms with Gasteiger partial charge in [-0.05, 0) is 36.5 Å². The van der Waals surface area contributed by atoms with Crippen LogP contribution < -0.4 is 10.6 Å². The molecule has 0 bridgehead atoms. The van der Waals surface area contributed by atoms with Gasteiger partial charge in [0.25, 0.3) is 0 Å². The van der Waals surface area contributed by atoms with Crippen LogP contribution in [0.3, 0.4) is 0 Å². The lowest BCUT2D eigenvalue weighted by Crippen LogP contribution is -2.33. The number of carbonyl (C=O) groups excluding carboxylic acids is 2. The highest BCUT2D eigenvalue weighted by Crippen LogP contribution is 2.49. The average Bonchev–Trinajstić information content (AvgIpc) is 2.93. The summed E-state index contributed by atoms with van der Waals surface area (Å²) in [5.41, 5.74) is 5.05. The van der Waals surface area contributed by atoms with E-state index in [0.717, 1.165) is 40.2 Å². The van der Waals surface area contributed by atoms with Crippen molar-refractivity contribution in [2.75, 3.05) is 10.6 Å². The van der Waals surface area contributed by atoms with Gasteiger partial charge in [-0.2, -0.15) is 0 Å². The third kappa shape index (κ3) is 3.05. The summed E-state index contributed by atoms with van der Waals surface area (Å²) in [6.45, 7) is 7.59. The number of amides is 1. The van der Waals surface area contributed by atoms with Crippen molar-refractivity contribution in [2.24, 2.45) is 5.41 Å². The minimum absolute atomic E-state index is 0.0880. The fourth-order valence-corrected chi connectivity index (χ4v) is 4.16. The maximum atomic E-state index is 13.1. The minimum Gasteiger partial charge on any atom is -0.338 e. The van der Waals surface area contributed by atoms with Gasteiger partial charge in [-0.25, -0.2) is 0 Å². The summed E-state index contributed by atoms with van der Waals surface area (Å²) in [5.74, 6) is 0.456. The van der Waals surface area contributed by atoms with Crippen molar-refractivity contribution in [1.82, 2.24) is 5.16 Å². The van der Waals surface area contributed by atoms with Gasteiger partial charge in [-0.3, -0.25) is 9.59 Å². The molecule has 0 fully saturated rings. The van der Waals surface area contributed by atoms with Crippen LogP contribution in [0.1, 0.15) is 56.4 Å². The van der Waals surface area contributed by atoms with Crippen LogP contribution in [-0.4, -0.2) is 16.8 Å². The van der Waals surface area contributed by atoms with E-state index in [0.29, 0.717) is 12.3 Å². The van der Waals surface area contributed by atoms with Crippen LogP contribution in [0, 0.1) is 12.3 Å². The van der Waals surface area contributed by atoms with E-state index in [9.17, 15) is 9.59 Å². The number of carbonyl (C=O) groups is 2. The van der Waals surface area contributed by atoms with E-state index in [-0.39, 0.29) is 23.0 Å². The maximum absolute atomic E-state index is 13.1. The number of hydrogen-bond acceptors (Lipinski definition) is 5. The molecule has 0 saturated heterocycles. The molecule has 1 aliphatic heterocycles. The Hall–Kier alpha value is -2.89. The number of aromatic nitrogens is 1. The first-order valence-corrected chi connectivity index (χ1v) is 9.12. The van der Waals surface area contributed by atoms with Crippen molar-refractivity contribution in [3.63, 3.8) is 0 Å². The van der Waals surface area contributed by atoms with Crippen molar-refractivity contribution in [1.29, 1.82) is 0 Å². The van der Waals surface area contributed by atoms with Gasteiger partial charge in [-0.15, -0.1) is 0 Å². The second-order valence-electron chi connectivity index (χ2n) is 8.21. The molecule has 6 heteroatoms. The van der Waals surface area contributed by atoms with E-state index in [1.807, 2.05) is 31.2 Å². The predicted molar refractivity (Wildman–Crippen MR) is 102 cm³/mol. The summed E-state index contributed by atoms with van der Waals surface area (Å²) in [5, 5.41) is 10.2. The Balaban J connectivity index is 1.83. The standard InChI is InChI=1S/C21H23N3O3/c1-11-17-18(13-5-7-14(8-6-13)22-12(2)25)19-15(23-20(17)27-24-11)9-21(3,4)10-16(19)26/h5-8,18,23H,9-10H2,1-4H3,(H,22,25)/t18-/m1/s1. The fraction of sp³-hybridized carbons (Fsp3) is 0.381. The Kier molecular flexibility index (Phi) is 3.94. The van der Waals surface area contributed by atoms with Crippen LogP contribution in [-0.2, 0) is 9.59 Å². The highest BCUT2D eigenvalue weighted by molar-refractivity contribution is 6.01. The molecule has 2 heterocycles. The van der Waals surface area contributed by atoms with E-state index >= 15 is 0 Å². The zero-order valence-electron chi connectivity index (χ0n) is 16.0. The van der Waals surface area contributed by atoms with E-state index in [1.54, 1.807) is 0 Å². The van der Waals surface area contributed by atoms with Gasteiger partial charge in [0.05, 0.1) is 11.3 Å². The van der Waals surface area contributed by atoms with Gasteiger partial charge in [-0.1, -0.05) is 31.1 Å². The average molecular weight is 365 g/mol. The van der Waals surface area contributed by atoms with E-state index < -0.39 is 0 Å². The highest BCUT2D eigenvalue weighted by atomic mass is 16.5. The molecule has 6 nitrogen and oxygen atoms in total. The first-order chi connectivity index (χ1) is 12.7. The molecule has 0 saturated carbocycles. The number of ketones is 1. The molecule has 1 amide bonds. The number of nitrogens with zero attached hydrogens (tertiary/aromatic N) is 1. The molecule has 1 aliphatic carbocycles. The molecule has 4 rings (SSSR count). The number of hydrogen-bond donors (Lipinski definition) is 2. The van der Waals surface area contributed by atoms with Gasteiger partial charge in [0, 0.05) is 36.2 Å². The Morgan fingerprint density at radius 2 is 1.96 bits per heavy atom. The molecule has 27 heavy (non-hydrogen) atoms. The molecule has 2 aromatic rings. The van der Waals surface area contributed by atoms with E-state index in [2.05, 4.69) is 29.6 Å². The minimum atomic E-state index is -0.211. The summed E-state index contributed by atoms with van der Waals surface area (Å²) in [4.78, 5) is 24.4. The lowest BCUT2D eigenvalue weighted by molar-refractivity contribution is -0.118. The summed E-state index contributed by atoms with van der Waals surface area (Å²) in [6, 6.07) is 7.63. The quantitative estimate of drug-likeness (QED) is 0.835. The smallest absolute Gasteiger partial charge is 0.233 e. The number of rotatable bonds is 2. The highest BCUT2D eigenvalue weighted by Gasteiger charge is 2.42. The zero-order valence-corrected chi connectivity index (χ0v) is 16.0. The van der Waals surface area contributed by atoms with E-state index in [1.165, 1.54) is 6.92 Å². The molecular weight excluding hydrogens is 342 g/mol. The summed E-state index contributed by atoms with van der Waals surface area (Å²) >= 11 is 0. The molecule has 140 valence electrons. The van der Waals surface area contributed by atoms with Crippen molar-refractivity contribution in [3.8, 4) is 0 Å². The van der Waals surface area contributed by atoms with Crippen molar-refractivity contribution in [3.05, 3.63) is 52.4 Å². The van der Waals surface area contributed by atoms with Crippen molar-refractivity contribution >= 4 is 23.3 Å². The molecule has 0 radical (unpaired) electrons. The monoisotopic (exact) mass is 365 g/mol. The van der Waals surface area contributed by atoms with Crippen LogP contribution >= 0.6 is 0 Å². The number of anilines is 2. The normalized spacial score (nSPS) is 20.6. The molecule has 1 aromatic heterocycles. The second-order valence-corrected chi connectivity index (χ2v) is 8.21. The van der Waals surface area contributed by atoms with Crippen LogP contribution in [0.15, 0.2) is 40.1 Å². The third-order valence-electron chi connectivity index (χ3n) is 5.23. The van der Waals surface area contributed by atoms with Gasteiger partial charge < -0.3 is 15.2 Å². The topological polar surface area (TPSA) is 84.2 Å². The number of benzene rings is 1. The van der Waals surface area contributed by atoms with Crippen LogP contribution in [0.2, 0.25) is 0 Å². The fourth-order valence-electron chi connectivity index (χ4n) is 4.16. The first-order valence-electron chi connectivity index (χ1n) is 9.12. The Labute approximate surface area is 158 Å². The number of aryl methyl sites for hydroxylation is 1. The van der Waals surface area contributed by atoms with Gasteiger partial charge in [0.2, 0.25) is 11.8 Å². The molecule has 0 spiro atoms. The van der Waals surface area contributed by atoms with Crippen LogP contribution in [0.25, 0.3) is 0 Å². The number of nitrogens with one attached hydrogen (secondary N) is 2. The van der Waals surface area contributed by atoms with E-state index in [4.69, 9.17) is 4.52 Å². The maximum Gasteiger partial charge on any atom is 0.233 e. The Morgan fingerprint density at radius 3 is 2.63 bits per heavy atom. The Morgan fingerprint density at radius 1 is 1.26 bits per heavy atom. The van der Waals surface area contributed by atoms with Gasteiger partial charge in [0.1, 0.15) is 0 Å². The van der Waals surface area contributed by atoms with Crippen molar-refractivity contribution in [2.45, 2.75) is 46.5 Å². The predicted octanol–water partition coefficient (Wildman–Crippen LogP) is 4.14. The molecule has 1 atom stereocenters. The number of fused-ring (bicyclic) bond motifs is 1. The van der Waals surface area contributed by atoms with Gasteiger partial charge in [0.15, 0.2) is 5.78 Å². The van der Waals surface area contributed by atoms with Crippen LogP contribution in [0.4, 0.5) is 11.6 Å². The molecule has 2 aliphatic rings. The van der Waals surface area contributed by atoms with Crippen molar-refractivity contribution < 1.29 is 14.1 Å². The van der Waals surface area contributed by atoms with Crippen LogP contribution in [0.5, 0.6) is 0 Å².